The zero-order chi connectivity index (χ0) is 14.7. The predicted molar refractivity (Wildman–Crippen MR) is 79.5 cm³/mol. The molecule has 7 heteroatoms. The van der Waals surface area contributed by atoms with Crippen LogP contribution in [0, 0.1) is 25.3 Å². The molecule has 0 aromatic heterocycles. The normalized spacial score (nSPS) is 10.3. The van der Waals surface area contributed by atoms with Crippen molar-refractivity contribution in [1.29, 1.82) is 0 Å². The zero-order valence-corrected chi connectivity index (χ0v) is 12.2. The lowest BCUT2D eigenvalue weighted by Crippen LogP contribution is -2.04. The summed E-state index contributed by atoms with van der Waals surface area (Å²) in [6.45, 7) is 0.0353. The van der Waals surface area contributed by atoms with E-state index < -0.39 is 22.2 Å². The van der Waals surface area contributed by atoms with Crippen molar-refractivity contribution >= 4 is 34.0 Å². The van der Waals surface area contributed by atoms with Gasteiger partial charge in [-0.15, -0.1) is 0 Å². The predicted octanol–water partition coefficient (Wildman–Crippen LogP) is 4.09. The number of halogens is 3. The van der Waals surface area contributed by atoms with E-state index in [1.165, 1.54) is 0 Å². The molecule has 0 radical (unpaired) electrons. The molecule has 0 heterocycles. The Kier molecular flexibility index (Phi) is 4.48. The standard InChI is InChI=1S/C13H9F2IN2O2/c14-11-6-12(15)13(18(19)20)5-8(11)7-17-10-3-1-9(16)2-4-10/h1-6,17H,7H2. The van der Waals surface area contributed by atoms with Gasteiger partial charge in [0.2, 0.25) is 5.82 Å². The second kappa shape index (κ2) is 6.12. The van der Waals surface area contributed by atoms with Crippen LogP contribution in [0.4, 0.5) is 20.2 Å². The van der Waals surface area contributed by atoms with Gasteiger partial charge in [-0.25, -0.2) is 4.39 Å². The van der Waals surface area contributed by atoms with Crippen molar-refractivity contribution in [1.82, 2.24) is 0 Å². The van der Waals surface area contributed by atoms with E-state index in [-0.39, 0.29) is 12.1 Å². The highest BCUT2D eigenvalue weighted by Gasteiger charge is 2.18. The van der Waals surface area contributed by atoms with E-state index >= 15 is 0 Å². The number of nitrogens with one attached hydrogen (secondary N) is 1. The third kappa shape index (κ3) is 3.41. The Morgan fingerprint density at radius 2 is 1.80 bits per heavy atom. The number of nitro groups is 1. The number of hydrogen-bond acceptors (Lipinski definition) is 3. The molecule has 0 saturated carbocycles. The number of nitro benzene ring substituents is 1. The first kappa shape index (κ1) is 14.6. The molecule has 2 rings (SSSR count). The smallest absolute Gasteiger partial charge is 0.305 e. The lowest BCUT2D eigenvalue weighted by molar-refractivity contribution is -0.387. The molecule has 2 aromatic carbocycles. The molecule has 20 heavy (non-hydrogen) atoms. The molecule has 0 bridgehead atoms. The van der Waals surface area contributed by atoms with Crippen molar-refractivity contribution in [2.45, 2.75) is 6.54 Å². The van der Waals surface area contributed by atoms with Gasteiger partial charge in [-0.2, -0.15) is 4.39 Å². The second-order valence-corrected chi connectivity index (χ2v) is 5.26. The maximum absolute atomic E-state index is 13.6. The Bertz CT molecular complexity index is 648. The van der Waals surface area contributed by atoms with Crippen LogP contribution in [-0.2, 0) is 6.54 Å². The van der Waals surface area contributed by atoms with Crippen LogP contribution in [0.1, 0.15) is 5.56 Å². The van der Waals surface area contributed by atoms with Crippen molar-refractivity contribution < 1.29 is 13.7 Å². The van der Waals surface area contributed by atoms with E-state index in [0.717, 1.165) is 15.3 Å². The first-order valence-electron chi connectivity index (χ1n) is 5.59. The van der Waals surface area contributed by atoms with E-state index in [0.29, 0.717) is 6.07 Å². The van der Waals surface area contributed by atoms with Gasteiger partial charge in [0, 0.05) is 33.5 Å². The summed E-state index contributed by atoms with van der Waals surface area (Å²) in [6, 6.07) is 8.78. The maximum Gasteiger partial charge on any atom is 0.305 e. The highest BCUT2D eigenvalue weighted by Crippen LogP contribution is 2.22. The molecular formula is C13H9F2IN2O2. The SMILES string of the molecule is O=[N+]([O-])c1cc(CNc2ccc(I)cc2)c(F)cc1F. The molecular weight excluding hydrogens is 381 g/mol. The minimum Gasteiger partial charge on any atom is -0.381 e. The minimum atomic E-state index is -1.18. The zero-order valence-electron chi connectivity index (χ0n) is 10.1. The van der Waals surface area contributed by atoms with Crippen LogP contribution < -0.4 is 5.32 Å². The fourth-order valence-electron chi connectivity index (χ4n) is 1.62. The van der Waals surface area contributed by atoms with Crippen LogP contribution in [0.3, 0.4) is 0 Å². The molecule has 0 saturated heterocycles. The van der Waals surface area contributed by atoms with Crippen LogP contribution >= 0.6 is 22.6 Å². The Morgan fingerprint density at radius 3 is 2.40 bits per heavy atom. The van der Waals surface area contributed by atoms with Crippen molar-refractivity contribution in [3.8, 4) is 0 Å². The molecule has 1 N–H and O–H groups in total. The summed E-state index contributed by atoms with van der Waals surface area (Å²) in [4.78, 5) is 9.75. The van der Waals surface area contributed by atoms with Gasteiger partial charge < -0.3 is 5.32 Å². The van der Waals surface area contributed by atoms with Gasteiger partial charge >= 0.3 is 5.69 Å². The molecule has 0 atom stereocenters. The van der Waals surface area contributed by atoms with E-state index in [1.807, 2.05) is 12.1 Å². The number of anilines is 1. The fourth-order valence-corrected chi connectivity index (χ4v) is 1.98. The highest BCUT2D eigenvalue weighted by atomic mass is 127. The number of hydrogen-bond donors (Lipinski definition) is 1. The Morgan fingerprint density at radius 1 is 1.15 bits per heavy atom. The van der Waals surface area contributed by atoms with Gasteiger partial charge in [0.15, 0.2) is 0 Å². The first-order valence-corrected chi connectivity index (χ1v) is 6.67. The second-order valence-electron chi connectivity index (χ2n) is 4.01. The summed E-state index contributed by atoms with van der Waals surface area (Å²) in [6.07, 6.45) is 0. The van der Waals surface area contributed by atoms with Crippen LogP contribution in [0.15, 0.2) is 36.4 Å². The summed E-state index contributed by atoms with van der Waals surface area (Å²) in [7, 11) is 0. The van der Waals surface area contributed by atoms with E-state index in [9.17, 15) is 18.9 Å². The van der Waals surface area contributed by atoms with Crippen LogP contribution in [0.5, 0.6) is 0 Å². The molecule has 0 spiro atoms. The van der Waals surface area contributed by atoms with Crippen molar-refractivity contribution in [3.05, 3.63) is 67.3 Å². The van der Waals surface area contributed by atoms with Crippen LogP contribution in [0.2, 0.25) is 0 Å². The van der Waals surface area contributed by atoms with E-state index in [1.54, 1.807) is 12.1 Å². The third-order valence-corrected chi connectivity index (χ3v) is 3.36. The van der Waals surface area contributed by atoms with E-state index in [4.69, 9.17) is 0 Å². The summed E-state index contributed by atoms with van der Waals surface area (Å²) in [5, 5.41) is 13.5. The molecule has 0 aliphatic carbocycles. The first-order chi connectivity index (χ1) is 9.47. The summed E-state index contributed by atoms with van der Waals surface area (Å²) < 4.78 is 27.8. The van der Waals surface area contributed by atoms with E-state index in [2.05, 4.69) is 27.9 Å². The van der Waals surface area contributed by atoms with Crippen molar-refractivity contribution in [2.24, 2.45) is 0 Å². The molecule has 0 unspecified atom stereocenters. The average Bonchev–Trinajstić information content (AvgIpc) is 2.39. The Balaban J connectivity index is 2.18. The Hall–Kier alpha value is -1.77. The minimum absolute atomic E-state index is 0.0353. The van der Waals surface area contributed by atoms with Gasteiger partial charge in [0.25, 0.3) is 0 Å². The summed E-state index contributed by atoms with van der Waals surface area (Å²) >= 11 is 2.15. The summed E-state index contributed by atoms with van der Waals surface area (Å²) in [5.74, 6) is -1.99. The van der Waals surface area contributed by atoms with Gasteiger partial charge in [0.1, 0.15) is 5.82 Å². The molecule has 104 valence electrons. The highest BCUT2D eigenvalue weighted by molar-refractivity contribution is 14.1. The van der Waals surface area contributed by atoms with Gasteiger partial charge in [-0.1, -0.05) is 0 Å². The molecule has 2 aromatic rings. The fraction of sp³-hybridized carbons (Fsp3) is 0.0769. The van der Waals surface area contributed by atoms with Crippen LogP contribution in [0.25, 0.3) is 0 Å². The largest absolute Gasteiger partial charge is 0.381 e. The molecule has 0 fully saturated rings. The molecule has 0 aliphatic heterocycles. The van der Waals surface area contributed by atoms with Crippen molar-refractivity contribution in [3.63, 3.8) is 0 Å². The quantitative estimate of drug-likeness (QED) is 0.486. The summed E-state index contributed by atoms with van der Waals surface area (Å²) in [5.41, 5.74) is 0.0549. The maximum atomic E-state index is 13.6. The number of benzene rings is 2. The van der Waals surface area contributed by atoms with Gasteiger partial charge in [-0.3, -0.25) is 10.1 Å². The lowest BCUT2D eigenvalue weighted by atomic mass is 10.1. The monoisotopic (exact) mass is 390 g/mol. The average molecular weight is 390 g/mol. The lowest BCUT2D eigenvalue weighted by Gasteiger charge is -2.08. The number of rotatable bonds is 4. The Labute approximate surface area is 127 Å². The molecule has 0 amide bonds. The molecule has 4 nitrogen and oxygen atoms in total. The van der Waals surface area contributed by atoms with Crippen molar-refractivity contribution in [2.75, 3.05) is 5.32 Å². The van der Waals surface area contributed by atoms with Gasteiger partial charge in [-0.05, 0) is 46.9 Å². The molecule has 0 aliphatic rings. The van der Waals surface area contributed by atoms with Gasteiger partial charge in [0.05, 0.1) is 4.92 Å². The third-order valence-electron chi connectivity index (χ3n) is 2.64. The number of nitrogens with zero attached hydrogens (tertiary/aromatic N) is 1. The topological polar surface area (TPSA) is 55.2 Å². The van der Waals surface area contributed by atoms with Crippen LogP contribution in [-0.4, -0.2) is 4.92 Å².